The van der Waals surface area contributed by atoms with Crippen molar-refractivity contribution in [3.8, 4) is 0 Å². The summed E-state index contributed by atoms with van der Waals surface area (Å²) in [7, 11) is -4.16. The van der Waals surface area contributed by atoms with E-state index in [0.29, 0.717) is 6.07 Å². The summed E-state index contributed by atoms with van der Waals surface area (Å²) in [5, 5.41) is 8.98. The Morgan fingerprint density at radius 2 is 2.00 bits per heavy atom. The third-order valence-electron chi connectivity index (χ3n) is 3.41. The summed E-state index contributed by atoms with van der Waals surface area (Å²) >= 11 is 0. The van der Waals surface area contributed by atoms with Crippen molar-refractivity contribution >= 4 is 16.0 Å². The van der Waals surface area contributed by atoms with Gasteiger partial charge in [-0.05, 0) is 18.1 Å². The second-order valence-electron chi connectivity index (χ2n) is 4.82. The smallest absolute Gasteiger partial charge is 0.308 e. The Bertz CT molecular complexity index is 647. The van der Waals surface area contributed by atoms with Gasteiger partial charge in [-0.3, -0.25) is 4.79 Å². The molecule has 0 aromatic heterocycles. The summed E-state index contributed by atoms with van der Waals surface area (Å²) in [4.78, 5) is 10.3. The molecule has 0 bridgehead atoms. The van der Waals surface area contributed by atoms with Crippen LogP contribution in [0.25, 0.3) is 0 Å². The molecule has 1 saturated heterocycles. The van der Waals surface area contributed by atoms with Crippen molar-refractivity contribution < 1.29 is 27.1 Å². The van der Waals surface area contributed by atoms with Gasteiger partial charge in [-0.25, -0.2) is 17.2 Å². The molecule has 0 spiro atoms. The lowest BCUT2D eigenvalue weighted by molar-refractivity contribution is -0.142. The van der Waals surface area contributed by atoms with Crippen molar-refractivity contribution in [3.63, 3.8) is 0 Å². The minimum atomic E-state index is -4.16. The Kier molecular flexibility index (Phi) is 3.79. The zero-order valence-electron chi connectivity index (χ0n) is 10.6. The van der Waals surface area contributed by atoms with Crippen LogP contribution in [-0.2, 0) is 14.8 Å². The predicted molar refractivity (Wildman–Crippen MR) is 65.4 cm³/mol. The molecule has 1 aromatic rings. The molecular weight excluding hydrogens is 292 g/mol. The Balaban J connectivity index is 2.35. The van der Waals surface area contributed by atoms with E-state index in [-0.39, 0.29) is 19.0 Å². The van der Waals surface area contributed by atoms with Crippen LogP contribution in [-0.4, -0.2) is 36.9 Å². The maximum absolute atomic E-state index is 13.6. The number of aliphatic carboxylic acids is 1. The van der Waals surface area contributed by atoms with Gasteiger partial charge in [-0.15, -0.1) is 0 Å². The van der Waals surface area contributed by atoms with Crippen molar-refractivity contribution in [1.82, 2.24) is 4.31 Å². The largest absolute Gasteiger partial charge is 0.481 e. The number of nitrogens with zero attached hydrogens (tertiary/aromatic N) is 1. The Hall–Kier alpha value is -1.54. The number of hydrogen-bond donors (Lipinski definition) is 1. The van der Waals surface area contributed by atoms with E-state index in [2.05, 4.69) is 0 Å². The molecule has 2 rings (SSSR count). The Morgan fingerprint density at radius 3 is 2.50 bits per heavy atom. The van der Waals surface area contributed by atoms with Crippen LogP contribution in [0.3, 0.4) is 0 Å². The number of halogens is 2. The van der Waals surface area contributed by atoms with Gasteiger partial charge in [0.25, 0.3) is 0 Å². The number of rotatable bonds is 3. The number of hydrogen-bond acceptors (Lipinski definition) is 3. The van der Waals surface area contributed by atoms with E-state index in [0.717, 1.165) is 16.4 Å². The van der Waals surface area contributed by atoms with Crippen molar-refractivity contribution in [2.24, 2.45) is 11.8 Å². The minimum Gasteiger partial charge on any atom is -0.481 e. The summed E-state index contributed by atoms with van der Waals surface area (Å²) in [5.74, 6) is -4.34. The molecule has 20 heavy (non-hydrogen) atoms. The second-order valence-corrected chi connectivity index (χ2v) is 6.73. The van der Waals surface area contributed by atoms with E-state index in [4.69, 9.17) is 5.11 Å². The normalized spacial score (nSPS) is 23.9. The molecule has 1 N–H and O–H groups in total. The maximum Gasteiger partial charge on any atom is 0.308 e. The van der Waals surface area contributed by atoms with Gasteiger partial charge in [-0.1, -0.05) is 6.92 Å². The quantitative estimate of drug-likeness (QED) is 0.913. The highest BCUT2D eigenvalue weighted by molar-refractivity contribution is 7.89. The lowest BCUT2D eigenvalue weighted by Crippen LogP contribution is -2.30. The summed E-state index contributed by atoms with van der Waals surface area (Å²) in [6.07, 6.45) is 0. The van der Waals surface area contributed by atoms with Crippen LogP contribution in [0, 0.1) is 23.5 Å². The van der Waals surface area contributed by atoms with Crippen molar-refractivity contribution in [2.75, 3.05) is 13.1 Å². The van der Waals surface area contributed by atoms with E-state index in [1.54, 1.807) is 6.92 Å². The van der Waals surface area contributed by atoms with Crippen molar-refractivity contribution in [2.45, 2.75) is 11.8 Å². The molecule has 0 amide bonds. The van der Waals surface area contributed by atoms with Crippen LogP contribution >= 0.6 is 0 Å². The zero-order valence-corrected chi connectivity index (χ0v) is 11.4. The SMILES string of the molecule is CC1CN(S(=O)(=O)c2ccc(F)cc2F)CC1C(=O)O. The molecule has 0 radical (unpaired) electrons. The Labute approximate surface area is 114 Å². The molecule has 1 aliphatic rings. The van der Waals surface area contributed by atoms with Gasteiger partial charge in [-0.2, -0.15) is 4.31 Å². The van der Waals surface area contributed by atoms with Gasteiger partial charge in [0, 0.05) is 19.2 Å². The average molecular weight is 305 g/mol. The summed E-state index contributed by atoms with van der Waals surface area (Å²) in [6.45, 7) is 1.40. The molecule has 1 aromatic carbocycles. The van der Waals surface area contributed by atoms with Crippen LogP contribution < -0.4 is 0 Å². The first-order valence-corrected chi connectivity index (χ1v) is 7.35. The first kappa shape index (κ1) is 14.9. The summed E-state index contributed by atoms with van der Waals surface area (Å²) < 4.78 is 51.8. The highest BCUT2D eigenvalue weighted by Crippen LogP contribution is 2.29. The third-order valence-corrected chi connectivity index (χ3v) is 5.27. The molecular formula is C12H13F2NO4S. The number of carboxylic acid groups (broad SMARTS) is 1. The van der Waals surface area contributed by atoms with Gasteiger partial charge >= 0.3 is 5.97 Å². The molecule has 0 saturated carbocycles. The van der Waals surface area contributed by atoms with Crippen molar-refractivity contribution in [3.05, 3.63) is 29.8 Å². The zero-order chi connectivity index (χ0) is 15.1. The molecule has 1 heterocycles. The van der Waals surface area contributed by atoms with Crippen LogP contribution in [0.4, 0.5) is 8.78 Å². The maximum atomic E-state index is 13.6. The molecule has 1 fully saturated rings. The van der Waals surface area contributed by atoms with E-state index >= 15 is 0 Å². The van der Waals surface area contributed by atoms with Crippen LogP contribution in [0.5, 0.6) is 0 Å². The first-order chi connectivity index (χ1) is 9.23. The average Bonchev–Trinajstić information content (AvgIpc) is 2.71. The number of sulfonamides is 1. The highest BCUT2D eigenvalue weighted by Gasteiger charge is 2.41. The molecule has 2 atom stereocenters. The van der Waals surface area contributed by atoms with E-state index in [1.807, 2.05) is 0 Å². The van der Waals surface area contributed by atoms with E-state index in [9.17, 15) is 22.0 Å². The molecule has 8 heteroatoms. The van der Waals surface area contributed by atoms with E-state index < -0.39 is 38.4 Å². The summed E-state index contributed by atoms with van der Waals surface area (Å²) in [5.41, 5.74) is 0. The fourth-order valence-electron chi connectivity index (χ4n) is 2.26. The van der Waals surface area contributed by atoms with Crippen LogP contribution in [0.1, 0.15) is 6.92 Å². The van der Waals surface area contributed by atoms with Gasteiger partial charge in [0.2, 0.25) is 10.0 Å². The van der Waals surface area contributed by atoms with Crippen LogP contribution in [0.2, 0.25) is 0 Å². The molecule has 1 aliphatic heterocycles. The predicted octanol–water partition coefficient (Wildman–Crippen LogP) is 1.31. The van der Waals surface area contributed by atoms with Gasteiger partial charge in [0.05, 0.1) is 5.92 Å². The fraction of sp³-hybridized carbons (Fsp3) is 0.417. The lowest BCUT2D eigenvalue weighted by atomic mass is 9.99. The Morgan fingerprint density at radius 1 is 1.35 bits per heavy atom. The topological polar surface area (TPSA) is 74.7 Å². The van der Waals surface area contributed by atoms with E-state index in [1.165, 1.54) is 0 Å². The lowest BCUT2D eigenvalue weighted by Gasteiger charge is -2.16. The second kappa shape index (κ2) is 5.10. The number of carboxylic acids is 1. The van der Waals surface area contributed by atoms with Gasteiger partial charge in [0.15, 0.2) is 0 Å². The fourth-order valence-corrected chi connectivity index (χ4v) is 3.88. The molecule has 2 unspecified atom stereocenters. The third kappa shape index (κ3) is 2.53. The van der Waals surface area contributed by atoms with Crippen molar-refractivity contribution in [1.29, 1.82) is 0 Å². The number of carbonyl (C=O) groups is 1. The number of benzene rings is 1. The molecule has 0 aliphatic carbocycles. The molecule has 5 nitrogen and oxygen atoms in total. The standard InChI is InChI=1S/C12H13F2NO4S/c1-7-5-15(6-9(7)12(16)17)20(18,19)11-3-2-8(13)4-10(11)14/h2-4,7,9H,5-6H2,1H3,(H,16,17). The van der Waals surface area contributed by atoms with Gasteiger partial charge in [0.1, 0.15) is 16.5 Å². The molecule has 110 valence electrons. The summed E-state index contributed by atoms with van der Waals surface area (Å²) in [6, 6.07) is 2.18. The minimum absolute atomic E-state index is 0.00385. The highest BCUT2D eigenvalue weighted by atomic mass is 32.2. The monoisotopic (exact) mass is 305 g/mol. The van der Waals surface area contributed by atoms with Crippen LogP contribution in [0.15, 0.2) is 23.1 Å². The first-order valence-electron chi connectivity index (χ1n) is 5.91. The van der Waals surface area contributed by atoms with Gasteiger partial charge < -0.3 is 5.11 Å².